The Morgan fingerprint density at radius 3 is 2.67 bits per heavy atom. The summed E-state index contributed by atoms with van der Waals surface area (Å²) in [7, 11) is 0. The first kappa shape index (κ1) is 19.1. The second-order valence-electron chi connectivity index (χ2n) is 8.75. The summed E-state index contributed by atoms with van der Waals surface area (Å²) in [5.41, 5.74) is 0.842. The van der Waals surface area contributed by atoms with Crippen LogP contribution >= 0.6 is 11.6 Å². The molecule has 0 atom stereocenters. The van der Waals surface area contributed by atoms with Crippen LogP contribution in [0.3, 0.4) is 0 Å². The number of piperidine rings is 1. The maximum atomic E-state index is 12.8. The maximum absolute atomic E-state index is 12.8. The van der Waals surface area contributed by atoms with Gasteiger partial charge in [0.25, 0.3) is 5.91 Å². The number of fused-ring (bicyclic) bond motifs is 2. The van der Waals surface area contributed by atoms with Crippen molar-refractivity contribution in [3.8, 4) is 5.75 Å². The lowest BCUT2D eigenvalue weighted by molar-refractivity contribution is 0.0681. The predicted octanol–water partition coefficient (Wildman–Crippen LogP) is 4.56. The first-order chi connectivity index (χ1) is 13.1. The Balaban J connectivity index is 1.39. The van der Waals surface area contributed by atoms with E-state index in [1.165, 1.54) is 44.9 Å². The summed E-state index contributed by atoms with van der Waals surface area (Å²) in [4.78, 5) is 12.8. The van der Waals surface area contributed by atoms with E-state index in [1.807, 2.05) is 12.1 Å². The molecule has 0 radical (unpaired) electrons. The van der Waals surface area contributed by atoms with Gasteiger partial charge in [-0.05, 0) is 74.7 Å². The van der Waals surface area contributed by atoms with Gasteiger partial charge in [0.15, 0.2) is 0 Å². The predicted molar refractivity (Wildman–Crippen MR) is 109 cm³/mol. The summed E-state index contributed by atoms with van der Waals surface area (Å²) in [5, 5.41) is 7.03. The van der Waals surface area contributed by atoms with Crippen molar-refractivity contribution in [2.45, 2.75) is 63.9 Å². The zero-order valence-corrected chi connectivity index (χ0v) is 16.8. The van der Waals surface area contributed by atoms with Crippen molar-refractivity contribution in [1.82, 2.24) is 10.6 Å². The van der Waals surface area contributed by atoms with Gasteiger partial charge in [-0.3, -0.25) is 4.79 Å². The largest absolute Gasteiger partial charge is 0.490 e. The first-order valence-corrected chi connectivity index (χ1v) is 11.0. The zero-order valence-electron chi connectivity index (χ0n) is 16.1. The molecule has 1 aromatic carbocycles. The Morgan fingerprint density at radius 2 is 1.93 bits per heavy atom. The highest BCUT2D eigenvalue weighted by Gasteiger charge is 2.39. The highest BCUT2D eigenvalue weighted by atomic mass is 35.5. The highest BCUT2D eigenvalue weighted by molar-refractivity contribution is 6.33. The van der Waals surface area contributed by atoms with Gasteiger partial charge in [-0.1, -0.05) is 37.3 Å². The second kappa shape index (κ2) is 8.40. The molecule has 4 nitrogen and oxygen atoms in total. The van der Waals surface area contributed by atoms with E-state index in [0.29, 0.717) is 16.0 Å². The smallest absolute Gasteiger partial charge is 0.252 e. The SMILES string of the molecule is O=C(NCC12CCCC(CCC1)C2)c1cc(OC2CCNCC2)ccc1Cl. The van der Waals surface area contributed by atoms with Crippen LogP contribution in [0.4, 0.5) is 0 Å². The lowest BCUT2D eigenvalue weighted by Gasteiger charge is -2.45. The normalized spacial score (nSPS) is 28.6. The summed E-state index contributed by atoms with van der Waals surface area (Å²) in [6.45, 7) is 2.74. The fraction of sp³-hybridized carbons (Fsp3) is 0.682. The molecule has 27 heavy (non-hydrogen) atoms. The standard InChI is InChI=1S/C22H31ClN2O2/c23-20-6-5-18(27-17-7-11-24-12-8-17)13-19(20)21(26)25-15-22-9-1-3-16(14-22)4-2-10-22/h5-6,13,16-17,24H,1-4,7-12,14-15H2,(H,25,26). The number of carbonyl (C=O) groups excluding carboxylic acids is 1. The summed E-state index contributed by atoms with van der Waals surface area (Å²) in [6.07, 6.45) is 11.3. The topological polar surface area (TPSA) is 50.4 Å². The maximum Gasteiger partial charge on any atom is 0.252 e. The average Bonchev–Trinajstić information content (AvgIpc) is 2.69. The molecule has 0 aromatic heterocycles. The number of rotatable bonds is 5. The van der Waals surface area contributed by atoms with Gasteiger partial charge in [0.05, 0.1) is 10.6 Å². The van der Waals surface area contributed by atoms with Crippen LogP contribution in [0.25, 0.3) is 0 Å². The molecular weight excluding hydrogens is 360 g/mol. The van der Waals surface area contributed by atoms with Gasteiger partial charge in [0, 0.05) is 6.54 Å². The number of benzene rings is 1. The van der Waals surface area contributed by atoms with Gasteiger partial charge >= 0.3 is 0 Å². The third-order valence-corrected chi connectivity index (χ3v) is 7.09. The Hall–Kier alpha value is -1.26. The molecule has 1 aromatic rings. The Morgan fingerprint density at radius 1 is 1.19 bits per heavy atom. The Bertz CT molecular complexity index is 662. The van der Waals surface area contributed by atoms with Gasteiger partial charge in [-0.25, -0.2) is 0 Å². The molecule has 0 spiro atoms. The van der Waals surface area contributed by atoms with Crippen LogP contribution in [0.15, 0.2) is 18.2 Å². The van der Waals surface area contributed by atoms with Crippen molar-refractivity contribution in [3.63, 3.8) is 0 Å². The molecule has 0 unspecified atom stereocenters. The molecule has 2 aliphatic carbocycles. The number of amides is 1. The molecule has 2 saturated carbocycles. The molecule has 148 valence electrons. The van der Waals surface area contributed by atoms with Gasteiger partial charge in [0.1, 0.15) is 11.9 Å². The molecule has 1 amide bonds. The number of ether oxygens (including phenoxy) is 1. The molecule has 2 N–H and O–H groups in total. The lowest BCUT2D eigenvalue weighted by atomic mass is 9.62. The van der Waals surface area contributed by atoms with Crippen LogP contribution in [-0.4, -0.2) is 31.6 Å². The molecule has 4 rings (SSSR count). The minimum absolute atomic E-state index is 0.0715. The highest BCUT2D eigenvalue weighted by Crippen LogP contribution is 2.48. The summed E-state index contributed by atoms with van der Waals surface area (Å²) < 4.78 is 6.08. The van der Waals surface area contributed by atoms with E-state index in [0.717, 1.165) is 44.1 Å². The quantitative estimate of drug-likeness (QED) is 0.774. The van der Waals surface area contributed by atoms with Gasteiger partial charge in [0.2, 0.25) is 0 Å². The number of hydrogen-bond acceptors (Lipinski definition) is 3. The molecule has 2 bridgehead atoms. The number of carbonyl (C=O) groups is 1. The molecule has 3 fully saturated rings. The van der Waals surface area contributed by atoms with E-state index in [1.54, 1.807) is 6.07 Å². The minimum Gasteiger partial charge on any atom is -0.490 e. The van der Waals surface area contributed by atoms with Crippen LogP contribution in [0.1, 0.15) is 68.1 Å². The van der Waals surface area contributed by atoms with Crippen LogP contribution < -0.4 is 15.4 Å². The van der Waals surface area contributed by atoms with Gasteiger partial charge in [-0.15, -0.1) is 0 Å². The molecule has 3 aliphatic rings. The van der Waals surface area contributed by atoms with Crippen molar-refractivity contribution < 1.29 is 9.53 Å². The monoisotopic (exact) mass is 390 g/mol. The Kier molecular flexibility index (Phi) is 5.93. The fourth-order valence-corrected chi connectivity index (χ4v) is 5.49. The molecule has 1 heterocycles. The molecule has 5 heteroatoms. The van der Waals surface area contributed by atoms with E-state index in [2.05, 4.69) is 10.6 Å². The second-order valence-corrected chi connectivity index (χ2v) is 9.15. The van der Waals surface area contributed by atoms with E-state index < -0.39 is 0 Å². The number of halogens is 1. The summed E-state index contributed by atoms with van der Waals surface area (Å²) in [5.74, 6) is 1.54. The van der Waals surface area contributed by atoms with Crippen molar-refractivity contribution in [1.29, 1.82) is 0 Å². The molecule has 1 saturated heterocycles. The van der Waals surface area contributed by atoms with E-state index in [-0.39, 0.29) is 12.0 Å². The van der Waals surface area contributed by atoms with Gasteiger partial charge in [-0.2, -0.15) is 0 Å². The Labute approximate surface area is 167 Å². The summed E-state index contributed by atoms with van der Waals surface area (Å²) in [6, 6.07) is 5.46. The third-order valence-electron chi connectivity index (χ3n) is 6.76. The van der Waals surface area contributed by atoms with Gasteiger partial charge < -0.3 is 15.4 Å². The van der Waals surface area contributed by atoms with Crippen LogP contribution in [0.2, 0.25) is 5.02 Å². The summed E-state index contributed by atoms with van der Waals surface area (Å²) >= 11 is 6.33. The van der Waals surface area contributed by atoms with Crippen LogP contribution in [0.5, 0.6) is 5.75 Å². The third kappa shape index (κ3) is 4.60. The minimum atomic E-state index is -0.0715. The molecular formula is C22H31ClN2O2. The number of nitrogens with one attached hydrogen (secondary N) is 2. The van der Waals surface area contributed by atoms with Crippen molar-refractivity contribution in [3.05, 3.63) is 28.8 Å². The fourth-order valence-electron chi connectivity index (χ4n) is 5.29. The average molecular weight is 391 g/mol. The van der Waals surface area contributed by atoms with E-state index >= 15 is 0 Å². The lowest BCUT2D eigenvalue weighted by Crippen LogP contribution is -2.43. The first-order valence-electron chi connectivity index (χ1n) is 10.6. The zero-order chi connectivity index (χ0) is 18.7. The molecule has 1 aliphatic heterocycles. The van der Waals surface area contributed by atoms with E-state index in [4.69, 9.17) is 16.3 Å². The van der Waals surface area contributed by atoms with Crippen molar-refractivity contribution in [2.75, 3.05) is 19.6 Å². The van der Waals surface area contributed by atoms with Crippen molar-refractivity contribution in [2.24, 2.45) is 11.3 Å². The number of hydrogen-bond donors (Lipinski definition) is 2. The van der Waals surface area contributed by atoms with Crippen LogP contribution in [0, 0.1) is 11.3 Å². The van der Waals surface area contributed by atoms with Crippen LogP contribution in [-0.2, 0) is 0 Å². The van der Waals surface area contributed by atoms with E-state index in [9.17, 15) is 4.79 Å². The van der Waals surface area contributed by atoms with Crippen molar-refractivity contribution >= 4 is 17.5 Å².